The van der Waals surface area contributed by atoms with Crippen LogP contribution in [-0.4, -0.2) is 18.8 Å². The summed E-state index contributed by atoms with van der Waals surface area (Å²) in [5.74, 6) is 0.818. The van der Waals surface area contributed by atoms with Crippen LogP contribution in [0.1, 0.15) is 16.7 Å². The molecule has 0 N–H and O–H groups in total. The monoisotopic (exact) mass is 238 g/mol. The van der Waals surface area contributed by atoms with Crippen LogP contribution in [-0.2, 0) is 4.79 Å². The molecular formula is C13H15ClO2. The third-order valence-electron chi connectivity index (χ3n) is 2.28. The van der Waals surface area contributed by atoms with Crippen molar-refractivity contribution in [1.82, 2.24) is 0 Å². The molecule has 86 valence electrons. The van der Waals surface area contributed by atoms with Crippen LogP contribution in [0.2, 0.25) is 0 Å². The number of hydrogen-bond donors (Lipinski definition) is 0. The van der Waals surface area contributed by atoms with E-state index in [9.17, 15) is 4.79 Å². The molecule has 0 aliphatic heterocycles. The zero-order valence-electron chi connectivity index (χ0n) is 9.71. The van der Waals surface area contributed by atoms with Crippen molar-refractivity contribution < 1.29 is 9.53 Å². The van der Waals surface area contributed by atoms with Gasteiger partial charge in [0.15, 0.2) is 5.78 Å². The summed E-state index contributed by atoms with van der Waals surface area (Å²) in [6, 6.07) is 3.95. The first kappa shape index (κ1) is 12.8. The first-order valence-corrected chi connectivity index (χ1v) is 5.54. The zero-order valence-corrected chi connectivity index (χ0v) is 10.5. The van der Waals surface area contributed by atoms with Gasteiger partial charge in [0, 0.05) is 0 Å². The number of rotatable bonds is 4. The minimum atomic E-state index is -0.0900. The summed E-state index contributed by atoms with van der Waals surface area (Å²) in [5.41, 5.74) is 3.09. The summed E-state index contributed by atoms with van der Waals surface area (Å²) in [6.07, 6.45) is 3.26. The summed E-state index contributed by atoms with van der Waals surface area (Å²) in [4.78, 5) is 11.0. The molecule has 0 aliphatic carbocycles. The van der Waals surface area contributed by atoms with E-state index in [0.29, 0.717) is 0 Å². The second kappa shape index (κ2) is 5.71. The maximum Gasteiger partial charge on any atom is 0.170 e. The van der Waals surface area contributed by atoms with Gasteiger partial charge in [-0.1, -0.05) is 6.08 Å². The normalized spacial score (nSPS) is 10.8. The van der Waals surface area contributed by atoms with Gasteiger partial charge in [0.25, 0.3) is 0 Å². The Morgan fingerprint density at radius 3 is 2.38 bits per heavy atom. The highest BCUT2D eigenvalue weighted by molar-refractivity contribution is 6.29. The van der Waals surface area contributed by atoms with Crippen LogP contribution in [0.3, 0.4) is 0 Å². The Balaban J connectivity index is 3.00. The van der Waals surface area contributed by atoms with Gasteiger partial charge >= 0.3 is 0 Å². The van der Waals surface area contributed by atoms with Crippen LogP contribution < -0.4 is 4.74 Å². The van der Waals surface area contributed by atoms with E-state index in [-0.39, 0.29) is 11.7 Å². The molecule has 0 amide bonds. The Morgan fingerprint density at radius 1 is 1.38 bits per heavy atom. The van der Waals surface area contributed by atoms with Gasteiger partial charge in [-0.2, -0.15) is 0 Å². The fraction of sp³-hybridized carbons (Fsp3) is 0.308. The minimum Gasteiger partial charge on any atom is -0.496 e. The molecular weight excluding hydrogens is 224 g/mol. The molecule has 0 saturated carbocycles. The van der Waals surface area contributed by atoms with Gasteiger partial charge in [0.1, 0.15) is 5.75 Å². The fourth-order valence-corrected chi connectivity index (χ4v) is 1.72. The SMILES string of the molecule is COc1c(C)cc(/C=C/C(=O)CCl)cc1C. The molecule has 1 aromatic rings. The lowest BCUT2D eigenvalue weighted by Gasteiger charge is -2.09. The average molecular weight is 239 g/mol. The summed E-state index contributed by atoms with van der Waals surface area (Å²) >= 11 is 5.41. The number of carbonyl (C=O) groups excluding carboxylic acids is 1. The van der Waals surface area contributed by atoms with Crippen molar-refractivity contribution in [3.63, 3.8) is 0 Å². The second-order valence-corrected chi connectivity index (χ2v) is 3.89. The maximum absolute atomic E-state index is 11.0. The Hall–Kier alpha value is -1.28. The predicted octanol–water partition coefficient (Wildman–Crippen LogP) is 3.13. The lowest BCUT2D eigenvalue weighted by Crippen LogP contribution is -1.94. The molecule has 1 aromatic carbocycles. The van der Waals surface area contributed by atoms with Crippen molar-refractivity contribution in [2.75, 3.05) is 13.0 Å². The van der Waals surface area contributed by atoms with Crippen molar-refractivity contribution in [3.8, 4) is 5.75 Å². The number of allylic oxidation sites excluding steroid dienone is 1. The first-order valence-electron chi connectivity index (χ1n) is 5.00. The lowest BCUT2D eigenvalue weighted by atomic mass is 10.1. The topological polar surface area (TPSA) is 26.3 Å². The highest BCUT2D eigenvalue weighted by Crippen LogP contribution is 2.24. The van der Waals surface area contributed by atoms with Crippen LogP contribution in [0.15, 0.2) is 18.2 Å². The smallest absolute Gasteiger partial charge is 0.170 e. The fourth-order valence-electron chi connectivity index (χ4n) is 1.64. The van der Waals surface area contributed by atoms with Gasteiger partial charge in [-0.15, -0.1) is 11.6 Å². The summed E-state index contributed by atoms with van der Waals surface area (Å²) < 4.78 is 5.27. The number of carbonyl (C=O) groups is 1. The molecule has 16 heavy (non-hydrogen) atoms. The van der Waals surface area contributed by atoms with E-state index < -0.39 is 0 Å². The van der Waals surface area contributed by atoms with Gasteiger partial charge in [-0.3, -0.25) is 4.79 Å². The van der Waals surface area contributed by atoms with E-state index in [4.69, 9.17) is 16.3 Å². The molecule has 0 spiro atoms. The molecule has 0 radical (unpaired) electrons. The lowest BCUT2D eigenvalue weighted by molar-refractivity contribution is -0.112. The number of alkyl halides is 1. The van der Waals surface area contributed by atoms with Crippen LogP contribution in [0.25, 0.3) is 6.08 Å². The molecule has 0 heterocycles. The molecule has 2 nitrogen and oxygen atoms in total. The summed E-state index contributed by atoms with van der Waals surface area (Å²) in [5, 5.41) is 0. The Bertz CT molecular complexity index is 399. The summed E-state index contributed by atoms with van der Waals surface area (Å²) in [7, 11) is 1.65. The maximum atomic E-state index is 11.0. The van der Waals surface area contributed by atoms with Crippen molar-refractivity contribution in [2.45, 2.75) is 13.8 Å². The standard InChI is InChI=1S/C13H15ClO2/c1-9-6-11(4-5-12(15)8-14)7-10(2)13(9)16-3/h4-7H,8H2,1-3H3/b5-4+. The minimum absolute atomic E-state index is 0.0185. The Labute approximate surface area is 101 Å². The Kier molecular flexibility index (Phi) is 4.56. The van der Waals surface area contributed by atoms with Crippen molar-refractivity contribution in [2.24, 2.45) is 0 Å². The van der Waals surface area contributed by atoms with E-state index in [1.54, 1.807) is 13.2 Å². The molecule has 0 aliphatic rings. The van der Waals surface area contributed by atoms with Crippen LogP contribution in [0.5, 0.6) is 5.75 Å². The molecule has 0 aromatic heterocycles. The van der Waals surface area contributed by atoms with Gasteiger partial charge < -0.3 is 4.74 Å². The van der Waals surface area contributed by atoms with Crippen molar-refractivity contribution >= 4 is 23.5 Å². The molecule has 0 atom stereocenters. The molecule has 0 bridgehead atoms. The molecule has 0 unspecified atom stereocenters. The highest BCUT2D eigenvalue weighted by Gasteiger charge is 2.03. The number of hydrogen-bond acceptors (Lipinski definition) is 2. The van der Waals surface area contributed by atoms with E-state index >= 15 is 0 Å². The van der Waals surface area contributed by atoms with Gasteiger partial charge in [0.05, 0.1) is 13.0 Å². The van der Waals surface area contributed by atoms with Gasteiger partial charge in [-0.25, -0.2) is 0 Å². The Morgan fingerprint density at radius 2 is 1.94 bits per heavy atom. The number of methoxy groups -OCH3 is 1. The quantitative estimate of drug-likeness (QED) is 0.595. The number of benzene rings is 1. The number of ketones is 1. The van der Waals surface area contributed by atoms with Crippen LogP contribution in [0.4, 0.5) is 0 Å². The average Bonchev–Trinajstić information content (AvgIpc) is 2.25. The van der Waals surface area contributed by atoms with E-state index in [1.165, 1.54) is 6.08 Å². The molecule has 0 fully saturated rings. The third-order valence-corrected chi connectivity index (χ3v) is 2.54. The second-order valence-electron chi connectivity index (χ2n) is 3.62. The number of aryl methyl sites for hydroxylation is 2. The third kappa shape index (κ3) is 3.11. The van der Waals surface area contributed by atoms with Crippen molar-refractivity contribution in [1.29, 1.82) is 0 Å². The highest BCUT2D eigenvalue weighted by atomic mass is 35.5. The first-order chi connectivity index (χ1) is 7.58. The molecule has 3 heteroatoms. The largest absolute Gasteiger partial charge is 0.496 e. The molecule has 0 saturated heterocycles. The van der Waals surface area contributed by atoms with Gasteiger partial charge in [0.2, 0.25) is 0 Å². The van der Waals surface area contributed by atoms with Crippen LogP contribution >= 0.6 is 11.6 Å². The number of ether oxygens (including phenoxy) is 1. The van der Waals surface area contributed by atoms with Crippen LogP contribution in [0, 0.1) is 13.8 Å². The number of halogens is 1. The van der Waals surface area contributed by atoms with E-state index in [1.807, 2.05) is 26.0 Å². The van der Waals surface area contributed by atoms with E-state index in [0.717, 1.165) is 22.4 Å². The predicted molar refractivity (Wildman–Crippen MR) is 67.2 cm³/mol. The van der Waals surface area contributed by atoms with Gasteiger partial charge in [-0.05, 0) is 48.7 Å². The van der Waals surface area contributed by atoms with Crippen molar-refractivity contribution in [3.05, 3.63) is 34.9 Å². The molecule has 1 rings (SSSR count). The summed E-state index contributed by atoms with van der Waals surface area (Å²) in [6.45, 7) is 3.96. The van der Waals surface area contributed by atoms with E-state index in [2.05, 4.69) is 0 Å². The zero-order chi connectivity index (χ0) is 12.1.